The van der Waals surface area contributed by atoms with Crippen molar-refractivity contribution < 1.29 is 9.47 Å². The zero-order valence-corrected chi connectivity index (χ0v) is 11.4. The molecule has 2 N–H and O–H groups in total. The van der Waals surface area contributed by atoms with Crippen molar-refractivity contribution in [2.24, 2.45) is 5.92 Å². The first kappa shape index (κ1) is 14.2. The van der Waals surface area contributed by atoms with Gasteiger partial charge in [0, 0.05) is 33.4 Å². The average Bonchev–Trinajstić information content (AvgIpc) is 3.20. The maximum absolute atomic E-state index is 11.7. The van der Waals surface area contributed by atoms with Crippen LogP contribution in [0.25, 0.3) is 0 Å². The van der Waals surface area contributed by atoms with Crippen LogP contribution in [0.1, 0.15) is 30.5 Å². The Balaban J connectivity index is 2.03. The van der Waals surface area contributed by atoms with Gasteiger partial charge in [-0.05, 0) is 18.8 Å². The van der Waals surface area contributed by atoms with Crippen molar-refractivity contribution in [2.45, 2.75) is 25.5 Å². The van der Waals surface area contributed by atoms with E-state index in [1.807, 2.05) is 0 Å². The molecule has 0 amide bonds. The topological polar surface area (TPSA) is 76.2 Å². The first-order chi connectivity index (χ1) is 9.24. The molecule has 0 saturated heterocycles. The molecular weight excluding hydrogens is 246 g/mol. The van der Waals surface area contributed by atoms with Gasteiger partial charge in [-0.2, -0.15) is 0 Å². The average molecular weight is 267 g/mol. The molecule has 19 heavy (non-hydrogen) atoms. The summed E-state index contributed by atoms with van der Waals surface area (Å²) in [5, 5.41) is 3.18. The predicted molar refractivity (Wildman–Crippen MR) is 70.9 cm³/mol. The maximum atomic E-state index is 11.7. The summed E-state index contributed by atoms with van der Waals surface area (Å²) in [4.78, 5) is 18.9. The van der Waals surface area contributed by atoms with Gasteiger partial charge in [-0.1, -0.05) is 0 Å². The number of ether oxygens (including phenoxy) is 2. The number of nitrogens with zero attached hydrogens (tertiary/aromatic N) is 1. The first-order valence-electron chi connectivity index (χ1n) is 6.57. The van der Waals surface area contributed by atoms with Gasteiger partial charge in [0.25, 0.3) is 5.56 Å². The Hall–Kier alpha value is -1.24. The van der Waals surface area contributed by atoms with Crippen LogP contribution in [0.2, 0.25) is 0 Å². The Morgan fingerprint density at radius 2 is 2.32 bits per heavy atom. The SMILES string of the molecule is COCCNCc1cc(=O)[nH]c(C(OC)C2CC2)n1. The van der Waals surface area contributed by atoms with Crippen LogP contribution in [0, 0.1) is 5.92 Å². The van der Waals surface area contributed by atoms with Gasteiger partial charge in [0.1, 0.15) is 11.9 Å². The molecule has 6 heteroatoms. The number of hydrogen-bond acceptors (Lipinski definition) is 5. The molecule has 1 aliphatic carbocycles. The lowest BCUT2D eigenvalue weighted by Crippen LogP contribution is -2.23. The Bertz CT molecular complexity index is 457. The maximum Gasteiger partial charge on any atom is 0.251 e. The summed E-state index contributed by atoms with van der Waals surface area (Å²) >= 11 is 0. The van der Waals surface area contributed by atoms with Crippen LogP contribution in [0.15, 0.2) is 10.9 Å². The van der Waals surface area contributed by atoms with Crippen LogP contribution >= 0.6 is 0 Å². The molecule has 0 aromatic carbocycles. The molecule has 106 valence electrons. The number of H-pyrrole nitrogens is 1. The second-order valence-corrected chi connectivity index (χ2v) is 4.79. The van der Waals surface area contributed by atoms with Crippen molar-refractivity contribution in [3.8, 4) is 0 Å². The normalized spacial score (nSPS) is 16.5. The van der Waals surface area contributed by atoms with E-state index in [0.29, 0.717) is 24.9 Å². The number of rotatable bonds is 8. The molecule has 1 heterocycles. The summed E-state index contributed by atoms with van der Waals surface area (Å²) in [5.41, 5.74) is 0.605. The second-order valence-electron chi connectivity index (χ2n) is 4.79. The number of nitrogens with one attached hydrogen (secondary N) is 2. The van der Waals surface area contributed by atoms with Gasteiger partial charge in [0.15, 0.2) is 0 Å². The largest absolute Gasteiger partial charge is 0.383 e. The molecule has 0 spiro atoms. The lowest BCUT2D eigenvalue weighted by molar-refractivity contribution is 0.0767. The number of aromatic nitrogens is 2. The third-order valence-corrected chi connectivity index (χ3v) is 3.18. The third kappa shape index (κ3) is 4.12. The number of hydrogen-bond donors (Lipinski definition) is 2. The molecule has 1 fully saturated rings. The quantitative estimate of drug-likeness (QED) is 0.675. The highest BCUT2D eigenvalue weighted by atomic mass is 16.5. The molecule has 0 radical (unpaired) electrons. The van der Waals surface area contributed by atoms with Crippen LogP contribution in [-0.2, 0) is 16.0 Å². The van der Waals surface area contributed by atoms with Crippen molar-refractivity contribution in [3.05, 3.63) is 27.9 Å². The minimum atomic E-state index is -0.128. The van der Waals surface area contributed by atoms with E-state index in [0.717, 1.165) is 25.1 Å². The van der Waals surface area contributed by atoms with Crippen LogP contribution in [-0.4, -0.2) is 37.3 Å². The molecule has 2 rings (SSSR count). The second kappa shape index (κ2) is 6.79. The van der Waals surface area contributed by atoms with Gasteiger partial charge in [-0.3, -0.25) is 4.79 Å². The molecule has 6 nitrogen and oxygen atoms in total. The van der Waals surface area contributed by atoms with Crippen molar-refractivity contribution in [2.75, 3.05) is 27.4 Å². The van der Waals surface area contributed by atoms with Crippen molar-refractivity contribution in [1.82, 2.24) is 15.3 Å². The van der Waals surface area contributed by atoms with Crippen molar-refractivity contribution in [3.63, 3.8) is 0 Å². The Morgan fingerprint density at radius 3 is 2.95 bits per heavy atom. The lowest BCUT2D eigenvalue weighted by Gasteiger charge is -2.14. The van der Waals surface area contributed by atoms with Gasteiger partial charge in [0.2, 0.25) is 0 Å². The molecule has 1 aromatic heterocycles. The summed E-state index contributed by atoms with van der Waals surface area (Å²) < 4.78 is 10.4. The van der Waals surface area contributed by atoms with Crippen LogP contribution in [0.4, 0.5) is 0 Å². The van der Waals surface area contributed by atoms with Crippen molar-refractivity contribution in [1.29, 1.82) is 0 Å². The highest BCUT2D eigenvalue weighted by molar-refractivity contribution is 5.07. The minimum Gasteiger partial charge on any atom is -0.383 e. The van der Waals surface area contributed by atoms with Gasteiger partial charge >= 0.3 is 0 Å². The van der Waals surface area contributed by atoms with E-state index in [4.69, 9.17) is 9.47 Å². The zero-order chi connectivity index (χ0) is 13.7. The molecule has 0 aliphatic heterocycles. The van der Waals surface area contributed by atoms with Crippen LogP contribution < -0.4 is 10.9 Å². The summed E-state index contributed by atoms with van der Waals surface area (Å²) in [6, 6.07) is 1.52. The van der Waals surface area contributed by atoms with Gasteiger partial charge in [0.05, 0.1) is 12.3 Å². The van der Waals surface area contributed by atoms with E-state index in [1.54, 1.807) is 14.2 Å². The van der Waals surface area contributed by atoms with E-state index < -0.39 is 0 Å². The fourth-order valence-corrected chi connectivity index (χ4v) is 2.07. The summed E-state index contributed by atoms with van der Waals surface area (Å²) in [5.74, 6) is 1.13. The highest BCUT2D eigenvalue weighted by Gasteiger charge is 2.34. The Kier molecular flexibility index (Phi) is 5.07. The van der Waals surface area contributed by atoms with E-state index >= 15 is 0 Å². The highest BCUT2D eigenvalue weighted by Crippen LogP contribution is 2.41. The first-order valence-corrected chi connectivity index (χ1v) is 6.57. The zero-order valence-electron chi connectivity index (χ0n) is 11.4. The summed E-state index contributed by atoms with van der Waals surface area (Å²) in [6.45, 7) is 1.93. The molecule has 1 saturated carbocycles. The van der Waals surface area contributed by atoms with Crippen LogP contribution in [0.5, 0.6) is 0 Å². The molecule has 1 atom stereocenters. The third-order valence-electron chi connectivity index (χ3n) is 3.18. The van der Waals surface area contributed by atoms with E-state index in [1.165, 1.54) is 6.07 Å². The molecule has 0 bridgehead atoms. The fraction of sp³-hybridized carbons (Fsp3) is 0.692. The van der Waals surface area contributed by atoms with Gasteiger partial charge in [-0.15, -0.1) is 0 Å². The van der Waals surface area contributed by atoms with E-state index in [9.17, 15) is 4.79 Å². The fourth-order valence-electron chi connectivity index (χ4n) is 2.07. The lowest BCUT2D eigenvalue weighted by atomic mass is 10.2. The smallest absolute Gasteiger partial charge is 0.251 e. The van der Waals surface area contributed by atoms with E-state index in [2.05, 4.69) is 15.3 Å². The minimum absolute atomic E-state index is 0.0911. The van der Waals surface area contributed by atoms with Gasteiger partial charge in [-0.25, -0.2) is 4.98 Å². The van der Waals surface area contributed by atoms with Gasteiger partial charge < -0.3 is 19.8 Å². The summed E-state index contributed by atoms with van der Waals surface area (Å²) in [7, 11) is 3.32. The number of aromatic amines is 1. The molecule has 1 aliphatic rings. The summed E-state index contributed by atoms with van der Waals surface area (Å²) in [6.07, 6.45) is 2.18. The predicted octanol–water partition coefficient (Wildman–Crippen LogP) is 0.603. The van der Waals surface area contributed by atoms with Crippen LogP contribution in [0.3, 0.4) is 0 Å². The van der Waals surface area contributed by atoms with Crippen molar-refractivity contribution >= 4 is 0 Å². The molecule has 1 unspecified atom stereocenters. The van der Waals surface area contributed by atoms with E-state index in [-0.39, 0.29) is 11.7 Å². The Labute approximate surface area is 112 Å². The Morgan fingerprint density at radius 1 is 1.53 bits per heavy atom. The molecule has 1 aromatic rings. The number of methoxy groups -OCH3 is 2. The monoisotopic (exact) mass is 267 g/mol. The molecular formula is C13H21N3O3. The standard InChI is InChI=1S/C13H21N3O3/c1-18-6-5-14-8-10-7-11(17)16-13(15-10)12(19-2)9-3-4-9/h7,9,12,14H,3-6,8H2,1-2H3,(H,15,16,17).